The lowest BCUT2D eigenvalue weighted by Crippen LogP contribution is -2.04. The van der Waals surface area contributed by atoms with E-state index in [9.17, 15) is 0 Å². The normalized spacial score (nSPS) is 11.1. The molecule has 0 aliphatic rings. The van der Waals surface area contributed by atoms with E-state index in [1.807, 2.05) is 6.07 Å². The zero-order valence-electron chi connectivity index (χ0n) is 41.3. The van der Waals surface area contributed by atoms with Gasteiger partial charge in [0.25, 0.3) is 0 Å². The van der Waals surface area contributed by atoms with Crippen LogP contribution in [0.3, 0.4) is 0 Å². The van der Waals surface area contributed by atoms with E-state index in [2.05, 4.69) is 296 Å². The van der Waals surface area contributed by atoms with Crippen molar-refractivity contribution >= 4 is 22.1 Å². The molecule has 0 atom stereocenters. The fourth-order valence-electron chi connectivity index (χ4n) is 10.2. The van der Waals surface area contributed by atoms with Crippen LogP contribution in [0.5, 0.6) is 0 Å². The average Bonchev–Trinajstić information content (AvgIpc) is 4.06. The third-order valence-corrected chi connectivity index (χ3v) is 13.7. The summed E-state index contributed by atoms with van der Waals surface area (Å²) < 4.78 is 4.71. The number of rotatable bonds is 9. The molecule has 0 amide bonds. The van der Waals surface area contributed by atoms with Crippen molar-refractivity contribution in [3.8, 4) is 89.8 Å². The zero-order valence-corrected chi connectivity index (χ0v) is 41.3. The molecule has 13 aromatic rings. The number of imidazole rings is 2. The topological polar surface area (TPSA) is 35.6 Å². The fourth-order valence-corrected chi connectivity index (χ4v) is 10.2. The van der Waals surface area contributed by atoms with E-state index in [1.54, 1.807) is 0 Å². The average molecular weight is 949 g/mol. The molecule has 0 radical (unpaired) electrons. The first kappa shape index (κ1) is 45.5. The Morgan fingerprint density at radius 2 is 0.541 bits per heavy atom. The minimum Gasteiger partial charge on any atom is -0.291 e. The number of nitrogens with zero attached hydrogens (tertiary/aromatic N) is 4. The molecule has 4 heteroatoms. The number of hydrogen-bond acceptors (Lipinski definition) is 2. The smallest absolute Gasteiger partial charge is 0.145 e. The lowest BCUT2D eigenvalue weighted by atomic mass is 9.90. The predicted octanol–water partition coefficient (Wildman–Crippen LogP) is 18.3. The molecule has 2 aromatic heterocycles. The number of aromatic nitrogens is 4. The zero-order chi connectivity index (χ0) is 49.8. The third kappa shape index (κ3) is 8.91. The Morgan fingerprint density at radius 3 is 0.892 bits per heavy atom. The molecular formula is C70H52N4. The van der Waals surface area contributed by atoms with E-state index < -0.39 is 0 Å². The lowest BCUT2D eigenvalue weighted by Gasteiger charge is -2.21. The van der Waals surface area contributed by atoms with Crippen molar-refractivity contribution in [2.24, 2.45) is 0 Å². The number of hydrogen-bond donors (Lipinski definition) is 0. The van der Waals surface area contributed by atoms with Crippen molar-refractivity contribution in [1.82, 2.24) is 19.1 Å². The largest absolute Gasteiger partial charge is 0.291 e. The Morgan fingerprint density at radius 1 is 0.243 bits per heavy atom. The van der Waals surface area contributed by atoms with E-state index in [0.29, 0.717) is 0 Å². The van der Waals surface area contributed by atoms with Gasteiger partial charge in [0.1, 0.15) is 11.6 Å². The molecular weight excluding hydrogens is 897 g/mol. The van der Waals surface area contributed by atoms with Gasteiger partial charge in [-0.25, -0.2) is 9.97 Å². The maximum Gasteiger partial charge on any atom is 0.145 e. The molecule has 0 fully saturated rings. The molecule has 0 spiro atoms. The Balaban J connectivity index is 0.000000152. The maximum atomic E-state index is 5.23. The molecule has 0 bridgehead atoms. The number of aryl methyl sites for hydroxylation is 2. The van der Waals surface area contributed by atoms with Crippen molar-refractivity contribution in [3.05, 3.63) is 290 Å². The quantitative estimate of drug-likeness (QED) is 0.145. The molecule has 0 unspecified atom stereocenters. The van der Waals surface area contributed by atoms with Gasteiger partial charge in [0.15, 0.2) is 0 Å². The van der Waals surface area contributed by atoms with Gasteiger partial charge < -0.3 is 0 Å². The summed E-state index contributed by atoms with van der Waals surface area (Å²) in [5.41, 5.74) is 22.8. The molecule has 0 saturated carbocycles. The Labute approximate surface area is 432 Å². The molecule has 13 rings (SSSR count). The van der Waals surface area contributed by atoms with Crippen molar-refractivity contribution in [1.29, 1.82) is 0 Å². The molecule has 74 heavy (non-hydrogen) atoms. The van der Waals surface area contributed by atoms with Gasteiger partial charge in [0, 0.05) is 33.4 Å². The predicted molar refractivity (Wildman–Crippen MR) is 310 cm³/mol. The van der Waals surface area contributed by atoms with Crippen LogP contribution < -0.4 is 0 Å². The SMILES string of the molecule is Cc1ccc2c(c1)nc(-c1ccccc1)n2-c1c(-c2ccccc2)cc(-c2ccccc2)cc1-c1ccccc1.Cc1ccc2c(c1)nc(-c1ccccc1)n2-c1c(-c2ccccc2)cccc1-c1ccccc1. The summed E-state index contributed by atoms with van der Waals surface area (Å²) in [5, 5.41) is 0. The van der Waals surface area contributed by atoms with Crippen LogP contribution in [0, 0.1) is 13.8 Å². The molecule has 0 aliphatic heterocycles. The highest BCUT2D eigenvalue weighted by atomic mass is 15.1. The van der Waals surface area contributed by atoms with Crippen LogP contribution in [-0.2, 0) is 0 Å². The van der Waals surface area contributed by atoms with Crippen molar-refractivity contribution in [3.63, 3.8) is 0 Å². The number of benzene rings is 11. The van der Waals surface area contributed by atoms with Crippen LogP contribution in [0.2, 0.25) is 0 Å². The van der Waals surface area contributed by atoms with Gasteiger partial charge in [0.2, 0.25) is 0 Å². The molecule has 0 saturated heterocycles. The summed E-state index contributed by atoms with van der Waals surface area (Å²) in [6.07, 6.45) is 0. The first-order chi connectivity index (χ1) is 36.6. The monoisotopic (exact) mass is 948 g/mol. The first-order valence-corrected chi connectivity index (χ1v) is 25.2. The fraction of sp³-hybridized carbons (Fsp3) is 0.0286. The van der Waals surface area contributed by atoms with Crippen LogP contribution in [0.1, 0.15) is 11.1 Å². The highest BCUT2D eigenvalue weighted by Crippen LogP contribution is 2.44. The molecule has 0 N–H and O–H groups in total. The van der Waals surface area contributed by atoms with E-state index in [-0.39, 0.29) is 0 Å². The Bertz CT molecular complexity index is 3920. The van der Waals surface area contributed by atoms with Crippen molar-refractivity contribution in [2.45, 2.75) is 13.8 Å². The summed E-state index contributed by atoms with van der Waals surface area (Å²) in [4.78, 5) is 10.4. The van der Waals surface area contributed by atoms with E-state index in [1.165, 1.54) is 55.6 Å². The Hall–Kier alpha value is -9.64. The lowest BCUT2D eigenvalue weighted by molar-refractivity contribution is 1.11. The minimum atomic E-state index is 0.933. The van der Waals surface area contributed by atoms with Gasteiger partial charge in [-0.15, -0.1) is 0 Å². The summed E-state index contributed by atoms with van der Waals surface area (Å²) in [6, 6.07) is 98.6. The second-order valence-corrected chi connectivity index (χ2v) is 18.7. The van der Waals surface area contributed by atoms with Crippen LogP contribution in [0.4, 0.5) is 0 Å². The third-order valence-electron chi connectivity index (χ3n) is 13.7. The van der Waals surface area contributed by atoms with Gasteiger partial charge in [-0.3, -0.25) is 9.13 Å². The van der Waals surface area contributed by atoms with Gasteiger partial charge in [-0.1, -0.05) is 243 Å². The minimum absolute atomic E-state index is 0.933. The second-order valence-electron chi connectivity index (χ2n) is 18.7. The van der Waals surface area contributed by atoms with Crippen LogP contribution in [0.25, 0.3) is 112 Å². The van der Waals surface area contributed by atoms with Gasteiger partial charge in [-0.05, 0) is 94.8 Å². The summed E-state index contributed by atoms with van der Waals surface area (Å²) in [7, 11) is 0. The van der Waals surface area contributed by atoms with Crippen molar-refractivity contribution < 1.29 is 0 Å². The van der Waals surface area contributed by atoms with E-state index in [4.69, 9.17) is 9.97 Å². The van der Waals surface area contributed by atoms with E-state index >= 15 is 0 Å². The van der Waals surface area contributed by atoms with E-state index in [0.717, 1.165) is 67.3 Å². The number of fused-ring (bicyclic) bond motifs is 2. The van der Waals surface area contributed by atoms with Crippen LogP contribution >= 0.6 is 0 Å². The number of para-hydroxylation sites is 1. The molecule has 2 heterocycles. The summed E-state index contributed by atoms with van der Waals surface area (Å²) in [5.74, 6) is 1.88. The van der Waals surface area contributed by atoms with Gasteiger partial charge in [-0.2, -0.15) is 0 Å². The first-order valence-electron chi connectivity index (χ1n) is 25.2. The highest BCUT2D eigenvalue weighted by Gasteiger charge is 2.24. The van der Waals surface area contributed by atoms with Crippen LogP contribution in [-0.4, -0.2) is 19.1 Å². The molecule has 0 aliphatic carbocycles. The molecule has 11 aromatic carbocycles. The second kappa shape index (κ2) is 20.2. The van der Waals surface area contributed by atoms with Crippen molar-refractivity contribution in [2.75, 3.05) is 0 Å². The van der Waals surface area contributed by atoms with Gasteiger partial charge >= 0.3 is 0 Å². The standard InChI is InChI=1S/C38H28N2.C32H24N2/c1-27-22-23-36-35(24-27)39-38(31-20-12-5-13-21-31)40(36)37-33(29-16-8-3-9-17-29)25-32(28-14-6-2-7-15-28)26-34(37)30-18-10-4-11-19-30;1-23-20-21-30-29(22-23)33-32(26-16-9-4-10-17-26)34(30)31-27(24-12-5-2-6-13-24)18-11-19-28(31)25-14-7-3-8-15-25/h2-26H,1H3;2-22H,1H3. The Kier molecular flexibility index (Phi) is 12.4. The van der Waals surface area contributed by atoms with Crippen LogP contribution in [0.15, 0.2) is 279 Å². The molecule has 4 nitrogen and oxygen atoms in total. The summed E-state index contributed by atoms with van der Waals surface area (Å²) >= 11 is 0. The molecule has 352 valence electrons. The highest BCUT2D eigenvalue weighted by molar-refractivity contribution is 5.96. The summed E-state index contributed by atoms with van der Waals surface area (Å²) in [6.45, 7) is 4.24. The van der Waals surface area contributed by atoms with Gasteiger partial charge in [0.05, 0.1) is 33.4 Å². The maximum absolute atomic E-state index is 5.23.